The van der Waals surface area contributed by atoms with Gasteiger partial charge in [0.25, 0.3) is 0 Å². The van der Waals surface area contributed by atoms with E-state index in [1.54, 1.807) is 12.3 Å². The van der Waals surface area contributed by atoms with E-state index in [-0.39, 0.29) is 6.09 Å². The summed E-state index contributed by atoms with van der Waals surface area (Å²) in [6.45, 7) is 10.5. The van der Waals surface area contributed by atoms with Crippen molar-refractivity contribution < 1.29 is 14.3 Å². The zero-order valence-corrected chi connectivity index (χ0v) is 13.7. The summed E-state index contributed by atoms with van der Waals surface area (Å²) in [7, 11) is 0. The zero-order valence-electron chi connectivity index (χ0n) is 13.7. The van der Waals surface area contributed by atoms with E-state index in [2.05, 4.69) is 16.9 Å². The first-order chi connectivity index (χ1) is 10.4. The fourth-order valence-electron chi connectivity index (χ4n) is 1.70. The molecule has 0 unspecified atom stereocenters. The Kier molecular flexibility index (Phi) is 7.43. The molecule has 5 nitrogen and oxygen atoms in total. The summed E-state index contributed by atoms with van der Waals surface area (Å²) in [5.74, 6) is 0.762. The van der Waals surface area contributed by atoms with Crippen molar-refractivity contribution in [2.45, 2.75) is 45.6 Å². The van der Waals surface area contributed by atoms with Crippen molar-refractivity contribution in [2.75, 3.05) is 13.2 Å². The second kappa shape index (κ2) is 9.07. The number of amides is 1. The van der Waals surface area contributed by atoms with Crippen molar-refractivity contribution in [3.8, 4) is 5.75 Å². The molecular weight excluding hydrogens is 280 g/mol. The highest BCUT2D eigenvalue weighted by Crippen LogP contribution is 2.10. The van der Waals surface area contributed by atoms with Gasteiger partial charge in [0.1, 0.15) is 11.4 Å². The first-order valence-corrected chi connectivity index (χ1v) is 7.59. The Balaban J connectivity index is 2.03. The Morgan fingerprint density at radius 3 is 2.68 bits per heavy atom. The number of nitrogens with one attached hydrogen (secondary N) is 1. The quantitative estimate of drug-likeness (QED) is 0.742. The van der Waals surface area contributed by atoms with Crippen LogP contribution in [0.25, 0.3) is 6.08 Å². The fraction of sp³-hybridized carbons (Fsp3) is 0.529. The molecule has 1 amide bonds. The van der Waals surface area contributed by atoms with Crippen LogP contribution in [0.2, 0.25) is 0 Å². The number of alkyl carbamates (subject to hydrolysis) is 1. The predicted octanol–water partition coefficient (Wildman–Crippen LogP) is 3.80. The highest BCUT2D eigenvalue weighted by Gasteiger charge is 2.15. The van der Waals surface area contributed by atoms with Gasteiger partial charge in [0.05, 0.1) is 18.5 Å². The highest BCUT2D eigenvalue weighted by molar-refractivity contribution is 5.67. The third-order valence-electron chi connectivity index (χ3n) is 2.73. The molecule has 1 rings (SSSR count). The van der Waals surface area contributed by atoms with Gasteiger partial charge in [-0.3, -0.25) is 4.98 Å². The molecule has 0 aliphatic carbocycles. The van der Waals surface area contributed by atoms with Gasteiger partial charge in [-0.2, -0.15) is 0 Å². The van der Waals surface area contributed by atoms with Gasteiger partial charge in [-0.15, -0.1) is 0 Å². The smallest absolute Gasteiger partial charge is 0.407 e. The maximum atomic E-state index is 11.4. The molecule has 122 valence electrons. The van der Waals surface area contributed by atoms with Crippen molar-refractivity contribution >= 4 is 12.2 Å². The molecule has 5 heteroatoms. The van der Waals surface area contributed by atoms with E-state index < -0.39 is 5.60 Å². The molecule has 0 aromatic carbocycles. The number of rotatable bonds is 8. The topological polar surface area (TPSA) is 60.5 Å². The number of unbranched alkanes of at least 4 members (excludes halogenated alkanes) is 2. The van der Waals surface area contributed by atoms with E-state index in [4.69, 9.17) is 9.47 Å². The number of pyridine rings is 1. The van der Waals surface area contributed by atoms with Gasteiger partial charge in [0, 0.05) is 6.54 Å². The average molecular weight is 306 g/mol. The third-order valence-corrected chi connectivity index (χ3v) is 2.73. The standard InChI is InChI=1S/C17H26N2O3/c1-5-14-9-10-15(13-19-14)21-12-8-6-7-11-18-16(20)22-17(2,3)4/h5,9-10,13H,1,6-8,11-12H2,2-4H3,(H,18,20). The molecule has 0 atom stereocenters. The summed E-state index contributed by atoms with van der Waals surface area (Å²) in [5.41, 5.74) is 0.383. The van der Waals surface area contributed by atoms with Crippen LogP contribution in [0.3, 0.4) is 0 Å². The van der Waals surface area contributed by atoms with Gasteiger partial charge < -0.3 is 14.8 Å². The summed E-state index contributed by atoms with van der Waals surface area (Å²) in [5, 5.41) is 2.74. The van der Waals surface area contributed by atoms with E-state index in [1.807, 2.05) is 32.9 Å². The minimum absolute atomic E-state index is 0.364. The summed E-state index contributed by atoms with van der Waals surface area (Å²) in [6.07, 6.45) is 5.84. The zero-order chi connectivity index (χ0) is 16.4. The van der Waals surface area contributed by atoms with Crippen LogP contribution >= 0.6 is 0 Å². The van der Waals surface area contributed by atoms with Gasteiger partial charge in [0.2, 0.25) is 0 Å². The van der Waals surface area contributed by atoms with Gasteiger partial charge >= 0.3 is 6.09 Å². The second-order valence-electron chi connectivity index (χ2n) is 5.96. The number of hydrogen-bond acceptors (Lipinski definition) is 4. The Labute approximate surface area is 132 Å². The van der Waals surface area contributed by atoms with Crippen LogP contribution in [0.5, 0.6) is 5.75 Å². The summed E-state index contributed by atoms with van der Waals surface area (Å²) >= 11 is 0. The first-order valence-electron chi connectivity index (χ1n) is 7.59. The molecule has 0 saturated carbocycles. The van der Waals surface area contributed by atoms with Crippen molar-refractivity contribution in [3.63, 3.8) is 0 Å². The first kappa shape index (κ1) is 18.0. The van der Waals surface area contributed by atoms with Crippen LogP contribution in [0.15, 0.2) is 24.9 Å². The number of carbonyl (C=O) groups excluding carboxylic acids is 1. The molecular formula is C17H26N2O3. The van der Waals surface area contributed by atoms with Crippen LogP contribution in [0.4, 0.5) is 4.79 Å². The lowest BCUT2D eigenvalue weighted by Gasteiger charge is -2.19. The van der Waals surface area contributed by atoms with Crippen molar-refractivity contribution in [1.82, 2.24) is 10.3 Å². The van der Waals surface area contributed by atoms with Gasteiger partial charge in [-0.05, 0) is 58.2 Å². The predicted molar refractivity (Wildman–Crippen MR) is 87.9 cm³/mol. The number of hydrogen-bond donors (Lipinski definition) is 1. The van der Waals surface area contributed by atoms with Crippen LogP contribution in [0, 0.1) is 0 Å². The molecule has 1 aromatic rings. The average Bonchev–Trinajstić information content (AvgIpc) is 2.45. The number of aromatic nitrogens is 1. The lowest BCUT2D eigenvalue weighted by molar-refractivity contribution is 0.0527. The van der Waals surface area contributed by atoms with Crippen LogP contribution < -0.4 is 10.1 Å². The minimum atomic E-state index is -0.451. The number of carbonyl (C=O) groups is 1. The molecule has 0 aliphatic heterocycles. The van der Waals surface area contributed by atoms with Crippen molar-refractivity contribution in [1.29, 1.82) is 0 Å². The van der Waals surface area contributed by atoms with E-state index in [0.29, 0.717) is 13.2 Å². The normalized spacial score (nSPS) is 10.9. The molecule has 22 heavy (non-hydrogen) atoms. The largest absolute Gasteiger partial charge is 0.492 e. The Bertz CT molecular complexity index is 464. The van der Waals surface area contributed by atoms with Crippen molar-refractivity contribution in [2.24, 2.45) is 0 Å². The number of nitrogens with zero attached hydrogens (tertiary/aromatic N) is 1. The van der Waals surface area contributed by atoms with Gasteiger partial charge in [0.15, 0.2) is 0 Å². The maximum Gasteiger partial charge on any atom is 0.407 e. The Hall–Kier alpha value is -2.04. The van der Waals surface area contributed by atoms with Crippen LogP contribution in [0.1, 0.15) is 45.7 Å². The second-order valence-corrected chi connectivity index (χ2v) is 5.96. The third kappa shape index (κ3) is 8.29. The van der Waals surface area contributed by atoms with Gasteiger partial charge in [-0.25, -0.2) is 4.79 Å². The van der Waals surface area contributed by atoms with Crippen LogP contribution in [-0.4, -0.2) is 29.8 Å². The fourth-order valence-corrected chi connectivity index (χ4v) is 1.70. The molecule has 0 spiro atoms. The molecule has 0 bridgehead atoms. The summed E-state index contributed by atoms with van der Waals surface area (Å²) in [6, 6.07) is 3.75. The monoisotopic (exact) mass is 306 g/mol. The maximum absolute atomic E-state index is 11.4. The summed E-state index contributed by atoms with van der Waals surface area (Å²) in [4.78, 5) is 15.6. The van der Waals surface area contributed by atoms with Crippen molar-refractivity contribution in [3.05, 3.63) is 30.6 Å². The number of ether oxygens (including phenoxy) is 2. The lowest BCUT2D eigenvalue weighted by Crippen LogP contribution is -2.33. The summed E-state index contributed by atoms with van der Waals surface area (Å²) < 4.78 is 10.7. The van der Waals surface area contributed by atoms with E-state index in [0.717, 1.165) is 30.7 Å². The molecule has 1 N–H and O–H groups in total. The van der Waals surface area contributed by atoms with E-state index in [9.17, 15) is 4.79 Å². The molecule has 0 aliphatic rings. The van der Waals surface area contributed by atoms with E-state index >= 15 is 0 Å². The van der Waals surface area contributed by atoms with Gasteiger partial charge in [-0.1, -0.05) is 6.58 Å². The molecule has 0 radical (unpaired) electrons. The molecule has 0 saturated heterocycles. The lowest BCUT2D eigenvalue weighted by atomic mass is 10.2. The Morgan fingerprint density at radius 1 is 1.32 bits per heavy atom. The van der Waals surface area contributed by atoms with E-state index in [1.165, 1.54) is 0 Å². The molecule has 1 aromatic heterocycles. The highest BCUT2D eigenvalue weighted by atomic mass is 16.6. The van der Waals surface area contributed by atoms with Crippen LogP contribution in [-0.2, 0) is 4.74 Å². The molecule has 1 heterocycles. The molecule has 0 fully saturated rings. The Morgan fingerprint density at radius 2 is 2.09 bits per heavy atom. The SMILES string of the molecule is C=Cc1ccc(OCCCCCNC(=O)OC(C)(C)C)cn1. The minimum Gasteiger partial charge on any atom is -0.492 e.